The van der Waals surface area contributed by atoms with Crippen molar-refractivity contribution in [2.24, 2.45) is 11.5 Å². The third kappa shape index (κ3) is 30.1. The summed E-state index contributed by atoms with van der Waals surface area (Å²) in [5.41, 5.74) is 18.2. The number of rotatable bonds is 15. The van der Waals surface area contributed by atoms with Crippen LogP contribution in [-0.4, -0.2) is 5.11 Å². The second-order valence-corrected chi connectivity index (χ2v) is 10.4. The minimum atomic E-state index is 0.000000000000000222. The van der Waals surface area contributed by atoms with Crippen LogP contribution in [0.4, 0.5) is 0 Å². The molecule has 0 fully saturated rings. The Morgan fingerprint density at radius 1 is 0.441 bits per heavy atom. The fraction of sp³-hybridized carbons (Fsp3) is 0.581. The lowest BCUT2D eigenvalue weighted by Crippen LogP contribution is -2.18. The molecule has 0 amide bonds. The van der Waals surface area contributed by atoms with Crippen LogP contribution in [0.25, 0.3) is 0 Å². The maximum atomic E-state index is 4.62. The third-order valence-electron chi connectivity index (χ3n) is 5.40. The summed E-state index contributed by atoms with van der Waals surface area (Å²) in [6.07, 6.45) is 26.2. The number of hydrogen-bond donors (Lipinski definition) is 2. The smallest absolute Gasteiger partial charge is 0.160 e. The van der Waals surface area contributed by atoms with Crippen molar-refractivity contribution in [3.63, 3.8) is 0 Å². The normalized spacial score (nSPS) is 12.6. The first-order valence-electron chi connectivity index (χ1n) is 12.9. The fourth-order valence-electron chi connectivity index (χ4n) is 3.34. The highest BCUT2D eigenvalue weighted by atomic mass is 32.1. The van der Waals surface area contributed by atoms with Crippen molar-refractivity contribution in [3.8, 4) is 0 Å². The Morgan fingerprint density at radius 2 is 0.647 bits per heavy atom. The number of unbranched alkanes of at least 4 members (excludes halogenated alkanes) is 1. The van der Waals surface area contributed by atoms with Crippen LogP contribution in [0.2, 0.25) is 0 Å². The highest BCUT2D eigenvalue weighted by Crippen LogP contribution is 2.14. The maximum Gasteiger partial charge on any atom is 0.160 e. The van der Waals surface area contributed by atoms with E-state index in [1.807, 2.05) is 0 Å². The van der Waals surface area contributed by atoms with Crippen molar-refractivity contribution in [2.75, 3.05) is 0 Å². The Balaban J connectivity index is 0. The zero-order valence-electron chi connectivity index (χ0n) is 23.6. The van der Waals surface area contributed by atoms with E-state index in [0.717, 1.165) is 0 Å². The van der Waals surface area contributed by atoms with Crippen LogP contribution in [0.3, 0.4) is 0 Å². The molecule has 3 heteroatoms. The van der Waals surface area contributed by atoms with Gasteiger partial charge < -0.3 is 11.5 Å². The van der Waals surface area contributed by atoms with Gasteiger partial charge >= 0.3 is 0 Å². The molecule has 0 bridgehead atoms. The van der Waals surface area contributed by atoms with Crippen molar-refractivity contribution in [1.29, 1.82) is 0 Å². The molecular formula is C31H54N2S. The maximum absolute atomic E-state index is 4.62. The molecule has 0 aliphatic heterocycles. The first-order chi connectivity index (χ1) is 15.9. The van der Waals surface area contributed by atoms with Crippen LogP contribution in [0, 0.1) is 0 Å². The molecule has 0 aromatic carbocycles. The molecule has 34 heavy (non-hydrogen) atoms. The van der Waals surface area contributed by atoms with Gasteiger partial charge in [0.1, 0.15) is 0 Å². The third-order valence-corrected chi connectivity index (χ3v) is 5.40. The number of nitrogens with two attached hydrogens (primary N) is 2. The molecule has 2 nitrogen and oxygen atoms in total. The van der Waals surface area contributed by atoms with Gasteiger partial charge in [-0.3, -0.25) is 0 Å². The topological polar surface area (TPSA) is 52.0 Å². The van der Waals surface area contributed by atoms with Gasteiger partial charge in [-0.2, -0.15) is 0 Å². The summed E-state index contributed by atoms with van der Waals surface area (Å²) in [6, 6.07) is 0. The van der Waals surface area contributed by atoms with Gasteiger partial charge in [0.05, 0.1) is 0 Å². The van der Waals surface area contributed by atoms with Crippen LogP contribution in [0.5, 0.6) is 0 Å². The Bertz CT molecular complexity index is 675. The molecule has 0 saturated heterocycles. The van der Waals surface area contributed by atoms with Gasteiger partial charge in [0.2, 0.25) is 0 Å². The first kappa shape index (κ1) is 34.3. The van der Waals surface area contributed by atoms with Crippen LogP contribution in [-0.2, 0) is 0 Å². The van der Waals surface area contributed by atoms with Gasteiger partial charge in [-0.05, 0) is 132 Å². The molecule has 0 unspecified atom stereocenters. The highest BCUT2D eigenvalue weighted by Gasteiger charge is 1.94. The van der Waals surface area contributed by atoms with Crippen molar-refractivity contribution >= 4 is 17.3 Å². The van der Waals surface area contributed by atoms with E-state index in [-0.39, 0.29) is 5.11 Å². The molecule has 0 atom stereocenters. The van der Waals surface area contributed by atoms with E-state index in [4.69, 9.17) is 0 Å². The van der Waals surface area contributed by atoms with Gasteiger partial charge in [-0.1, -0.05) is 69.9 Å². The number of allylic oxidation sites excluding steroid dienone is 12. The summed E-state index contributed by atoms with van der Waals surface area (Å²) in [4.78, 5) is 0. The molecule has 0 saturated carbocycles. The second kappa shape index (κ2) is 22.9. The van der Waals surface area contributed by atoms with Crippen molar-refractivity contribution in [1.82, 2.24) is 0 Å². The molecule has 0 radical (unpaired) electrons. The minimum absolute atomic E-state index is 0.000000000000000222. The SMILES string of the molecule is CC(C)=CCCC(C)=CCCC(C)=CCCC=C(C)CCC=C(C)CCC=C(C)C.NC(N)=S. The van der Waals surface area contributed by atoms with Gasteiger partial charge in [-0.15, -0.1) is 0 Å². The van der Waals surface area contributed by atoms with E-state index < -0.39 is 0 Å². The number of hydrogen-bond acceptors (Lipinski definition) is 1. The minimum Gasteiger partial charge on any atom is -0.377 e. The Morgan fingerprint density at radius 3 is 0.882 bits per heavy atom. The van der Waals surface area contributed by atoms with Crippen LogP contribution < -0.4 is 11.5 Å². The average Bonchev–Trinajstić information content (AvgIpc) is 2.70. The Hall–Kier alpha value is -1.87. The van der Waals surface area contributed by atoms with Gasteiger partial charge in [0.15, 0.2) is 5.11 Å². The van der Waals surface area contributed by atoms with Crippen LogP contribution >= 0.6 is 12.2 Å². The molecule has 194 valence electrons. The van der Waals surface area contributed by atoms with Crippen molar-refractivity contribution in [3.05, 3.63) is 69.9 Å². The summed E-state index contributed by atoms with van der Waals surface area (Å²) in [7, 11) is 0. The molecule has 4 N–H and O–H groups in total. The summed E-state index contributed by atoms with van der Waals surface area (Å²) in [6.45, 7) is 17.8. The lowest BCUT2D eigenvalue weighted by Gasteiger charge is -2.02. The summed E-state index contributed by atoms with van der Waals surface area (Å²) in [5.74, 6) is 0. The molecule has 0 heterocycles. The van der Waals surface area contributed by atoms with Crippen LogP contribution in [0.1, 0.15) is 120 Å². The monoisotopic (exact) mass is 486 g/mol. The fourth-order valence-corrected chi connectivity index (χ4v) is 3.34. The van der Waals surface area contributed by atoms with E-state index in [1.165, 1.54) is 97.6 Å². The largest absolute Gasteiger partial charge is 0.377 e. The lowest BCUT2D eigenvalue weighted by atomic mass is 10.0. The van der Waals surface area contributed by atoms with Crippen molar-refractivity contribution in [2.45, 2.75) is 120 Å². The predicted molar refractivity (Wildman–Crippen MR) is 161 cm³/mol. The van der Waals surface area contributed by atoms with E-state index >= 15 is 0 Å². The Labute approximate surface area is 218 Å². The molecular weight excluding hydrogens is 432 g/mol. The average molecular weight is 487 g/mol. The molecule has 0 aliphatic carbocycles. The Kier molecular flexibility index (Phi) is 23.1. The molecule has 0 rings (SSSR count). The standard InChI is InChI=1S/C30H50.CH4N2S/c1-25(2)15-11-19-29(7)23-13-21-27(5)17-9-10-18-28(6)22-14-24-30(8)20-12-16-26(3)4;2-1(3)4/h15-18,23-24H,9-14,19-22H2,1-8H3;(H4,2,3,4). The molecule has 0 aromatic rings. The van der Waals surface area contributed by atoms with Gasteiger partial charge in [0, 0.05) is 0 Å². The summed E-state index contributed by atoms with van der Waals surface area (Å²) < 4.78 is 0. The van der Waals surface area contributed by atoms with E-state index in [1.54, 1.807) is 0 Å². The van der Waals surface area contributed by atoms with E-state index in [2.05, 4.69) is 116 Å². The first-order valence-corrected chi connectivity index (χ1v) is 13.3. The zero-order chi connectivity index (χ0) is 26.4. The molecule has 0 aromatic heterocycles. The molecule has 0 spiro atoms. The zero-order valence-corrected chi connectivity index (χ0v) is 24.4. The summed E-state index contributed by atoms with van der Waals surface area (Å²) >= 11 is 4.09. The van der Waals surface area contributed by atoms with Gasteiger partial charge in [-0.25, -0.2) is 0 Å². The lowest BCUT2D eigenvalue weighted by molar-refractivity contribution is 0.896. The van der Waals surface area contributed by atoms with E-state index in [0.29, 0.717) is 0 Å². The van der Waals surface area contributed by atoms with Gasteiger partial charge in [0.25, 0.3) is 0 Å². The highest BCUT2D eigenvalue weighted by molar-refractivity contribution is 7.80. The van der Waals surface area contributed by atoms with Crippen LogP contribution in [0.15, 0.2) is 69.9 Å². The van der Waals surface area contributed by atoms with E-state index in [9.17, 15) is 0 Å². The molecule has 0 aliphatic rings. The predicted octanol–water partition coefficient (Wildman–Crippen LogP) is 9.79. The second-order valence-electron chi connectivity index (χ2n) is 9.90. The number of thiocarbonyl (C=S) groups is 1. The van der Waals surface area contributed by atoms with Crippen molar-refractivity contribution < 1.29 is 0 Å². The quantitative estimate of drug-likeness (QED) is 0.137. The summed E-state index contributed by atoms with van der Waals surface area (Å²) in [5, 5.41) is 0.000000000000000222.